The summed E-state index contributed by atoms with van der Waals surface area (Å²) in [7, 11) is 1.84. The number of carbonyl (C=O) groups is 3. The molecular formula is C24H31N5O4. The second-order valence-electron chi connectivity index (χ2n) is 8.57. The average Bonchev–Trinajstić information content (AvgIpc) is 3.18. The summed E-state index contributed by atoms with van der Waals surface area (Å²) in [6.07, 6.45) is 0.903. The number of morpholine rings is 1. The van der Waals surface area contributed by atoms with Crippen molar-refractivity contribution in [2.24, 2.45) is 7.05 Å². The zero-order chi connectivity index (χ0) is 23.4. The zero-order valence-corrected chi connectivity index (χ0v) is 19.2. The van der Waals surface area contributed by atoms with Crippen LogP contribution in [0.2, 0.25) is 0 Å². The highest BCUT2D eigenvalue weighted by Gasteiger charge is 2.31. The van der Waals surface area contributed by atoms with Crippen molar-refractivity contribution in [1.29, 1.82) is 0 Å². The van der Waals surface area contributed by atoms with Gasteiger partial charge in [-0.1, -0.05) is 30.3 Å². The lowest BCUT2D eigenvalue weighted by atomic mass is 10.0. The second-order valence-corrected chi connectivity index (χ2v) is 8.57. The summed E-state index contributed by atoms with van der Waals surface area (Å²) in [5.74, 6) is -0.350. The first kappa shape index (κ1) is 23.0. The Hall–Kier alpha value is -3.20. The van der Waals surface area contributed by atoms with Gasteiger partial charge in [0.2, 0.25) is 11.8 Å². The molecule has 0 radical (unpaired) electrons. The van der Waals surface area contributed by atoms with Crippen LogP contribution in [0.5, 0.6) is 0 Å². The minimum absolute atomic E-state index is 0.0863. The number of amides is 3. The molecule has 0 saturated carbocycles. The van der Waals surface area contributed by atoms with Crippen molar-refractivity contribution < 1.29 is 19.1 Å². The molecule has 1 aromatic heterocycles. The molecule has 1 fully saturated rings. The third-order valence-electron chi connectivity index (χ3n) is 6.34. The van der Waals surface area contributed by atoms with E-state index < -0.39 is 0 Å². The molecule has 1 unspecified atom stereocenters. The van der Waals surface area contributed by atoms with E-state index in [9.17, 15) is 14.4 Å². The van der Waals surface area contributed by atoms with E-state index in [4.69, 9.17) is 4.74 Å². The quantitative estimate of drug-likeness (QED) is 0.714. The zero-order valence-electron chi connectivity index (χ0n) is 19.2. The van der Waals surface area contributed by atoms with Gasteiger partial charge in [0.1, 0.15) is 0 Å². The van der Waals surface area contributed by atoms with Crippen molar-refractivity contribution >= 4 is 17.7 Å². The predicted molar refractivity (Wildman–Crippen MR) is 121 cm³/mol. The Morgan fingerprint density at radius 2 is 1.79 bits per heavy atom. The molecule has 2 aliphatic rings. The van der Waals surface area contributed by atoms with Crippen LogP contribution in [0.3, 0.4) is 0 Å². The minimum atomic E-state index is -0.151. The van der Waals surface area contributed by atoms with E-state index in [1.807, 2.05) is 44.3 Å². The number of nitrogens with one attached hydrogen (secondary N) is 1. The van der Waals surface area contributed by atoms with Crippen molar-refractivity contribution in [3.8, 4) is 0 Å². The SMILES string of the molecule is CC(NC(=O)CCC(=O)N1CCc2c(c(C(=O)N3CCOCC3)nn2C)C1)c1ccccc1. The van der Waals surface area contributed by atoms with Crippen molar-refractivity contribution in [3.05, 3.63) is 52.8 Å². The van der Waals surface area contributed by atoms with Crippen LogP contribution >= 0.6 is 0 Å². The number of hydrogen-bond acceptors (Lipinski definition) is 5. The smallest absolute Gasteiger partial charge is 0.274 e. The summed E-state index contributed by atoms with van der Waals surface area (Å²) in [5, 5.41) is 7.43. The third kappa shape index (κ3) is 5.24. The fourth-order valence-corrected chi connectivity index (χ4v) is 4.41. The van der Waals surface area contributed by atoms with Gasteiger partial charge in [-0.3, -0.25) is 19.1 Å². The fourth-order valence-electron chi connectivity index (χ4n) is 4.41. The average molecular weight is 454 g/mol. The second kappa shape index (κ2) is 10.2. The number of hydrogen-bond donors (Lipinski definition) is 1. The van der Waals surface area contributed by atoms with Crippen molar-refractivity contribution in [1.82, 2.24) is 24.9 Å². The van der Waals surface area contributed by atoms with Crippen molar-refractivity contribution in [2.75, 3.05) is 32.8 Å². The molecular weight excluding hydrogens is 422 g/mol. The van der Waals surface area contributed by atoms with Crippen LogP contribution in [0.4, 0.5) is 0 Å². The number of rotatable bonds is 6. The standard InChI is InChI=1S/C24H31N5O4/c1-17(18-6-4-3-5-7-18)25-21(30)8-9-22(31)29-11-10-20-19(16-29)23(26-27(20)2)24(32)28-12-14-33-15-13-28/h3-7,17H,8-16H2,1-2H3,(H,25,30). The number of carbonyl (C=O) groups excluding carboxylic acids is 3. The van der Waals surface area contributed by atoms with Gasteiger partial charge in [-0.05, 0) is 12.5 Å². The van der Waals surface area contributed by atoms with E-state index in [0.29, 0.717) is 51.5 Å². The first-order valence-corrected chi connectivity index (χ1v) is 11.5. The van der Waals surface area contributed by atoms with Gasteiger partial charge in [-0.15, -0.1) is 0 Å². The molecule has 3 heterocycles. The molecule has 4 rings (SSSR count). The highest BCUT2D eigenvalue weighted by molar-refractivity contribution is 5.94. The highest BCUT2D eigenvalue weighted by Crippen LogP contribution is 2.24. The van der Waals surface area contributed by atoms with Gasteiger partial charge in [-0.2, -0.15) is 5.10 Å². The van der Waals surface area contributed by atoms with Crippen molar-refractivity contribution in [2.45, 2.75) is 38.8 Å². The van der Waals surface area contributed by atoms with Crippen LogP contribution in [-0.2, 0) is 34.3 Å². The maximum absolute atomic E-state index is 13.0. The molecule has 0 spiro atoms. The monoisotopic (exact) mass is 453 g/mol. The molecule has 176 valence electrons. The van der Waals surface area contributed by atoms with E-state index in [0.717, 1.165) is 16.8 Å². The topological polar surface area (TPSA) is 96.8 Å². The summed E-state index contributed by atoms with van der Waals surface area (Å²) >= 11 is 0. The number of ether oxygens (including phenoxy) is 1. The Morgan fingerprint density at radius 1 is 1.06 bits per heavy atom. The summed E-state index contributed by atoms with van der Waals surface area (Å²) in [4.78, 5) is 41.8. The summed E-state index contributed by atoms with van der Waals surface area (Å²) in [6, 6.07) is 9.61. The molecule has 1 N–H and O–H groups in total. The lowest BCUT2D eigenvalue weighted by molar-refractivity contribution is -0.134. The maximum Gasteiger partial charge on any atom is 0.274 e. The largest absolute Gasteiger partial charge is 0.378 e. The number of nitrogens with zero attached hydrogens (tertiary/aromatic N) is 4. The lowest BCUT2D eigenvalue weighted by Gasteiger charge is -2.29. The van der Waals surface area contributed by atoms with Crippen LogP contribution in [0.25, 0.3) is 0 Å². The van der Waals surface area contributed by atoms with Crippen LogP contribution in [0, 0.1) is 0 Å². The fraction of sp³-hybridized carbons (Fsp3) is 0.500. The molecule has 1 atom stereocenters. The van der Waals surface area contributed by atoms with E-state index in [1.165, 1.54) is 0 Å². The van der Waals surface area contributed by atoms with Gasteiger partial charge in [0.05, 0.1) is 19.3 Å². The van der Waals surface area contributed by atoms with E-state index in [-0.39, 0.29) is 36.6 Å². The first-order valence-electron chi connectivity index (χ1n) is 11.5. The van der Waals surface area contributed by atoms with Gasteiger partial charge in [0.15, 0.2) is 5.69 Å². The molecule has 9 heteroatoms. The maximum atomic E-state index is 13.0. The van der Waals surface area contributed by atoms with E-state index in [1.54, 1.807) is 14.5 Å². The highest BCUT2D eigenvalue weighted by atomic mass is 16.5. The molecule has 0 aliphatic carbocycles. The molecule has 1 saturated heterocycles. The van der Waals surface area contributed by atoms with Gasteiger partial charge in [0, 0.05) is 63.7 Å². The van der Waals surface area contributed by atoms with Crippen LogP contribution in [0.15, 0.2) is 30.3 Å². The molecule has 9 nitrogen and oxygen atoms in total. The summed E-state index contributed by atoms with van der Waals surface area (Å²) in [5.41, 5.74) is 3.25. The third-order valence-corrected chi connectivity index (χ3v) is 6.34. The normalized spacial score (nSPS) is 16.8. The Bertz CT molecular complexity index is 1010. The molecule has 3 amide bonds. The Morgan fingerprint density at radius 3 is 2.52 bits per heavy atom. The molecule has 1 aromatic carbocycles. The molecule has 2 aliphatic heterocycles. The van der Waals surface area contributed by atoms with Crippen molar-refractivity contribution in [3.63, 3.8) is 0 Å². The van der Waals surface area contributed by atoms with Gasteiger partial charge >= 0.3 is 0 Å². The molecule has 2 aromatic rings. The van der Waals surface area contributed by atoms with Gasteiger partial charge in [0.25, 0.3) is 5.91 Å². The van der Waals surface area contributed by atoms with Gasteiger partial charge in [-0.25, -0.2) is 0 Å². The van der Waals surface area contributed by atoms with Crippen LogP contribution < -0.4 is 5.32 Å². The first-order chi connectivity index (χ1) is 15.9. The van der Waals surface area contributed by atoms with Crippen LogP contribution in [-0.4, -0.2) is 70.1 Å². The Kier molecular flexibility index (Phi) is 7.08. The Labute approximate surface area is 193 Å². The number of aromatic nitrogens is 2. The number of benzene rings is 1. The number of fused-ring (bicyclic) bond motifs is 1. The number of aryl methyl sites for hydroxylation is 1. The Balaban J connectivity index is 1.34. The van der Waals surface area contributed by atoms with Crippen LogP contribution in [0.1, 0.15) is 53.1 Å². The lowest BCUT2D eigenvalue weighted by Crippen LogP contribution is -2.42. The molecule has 0 bridgehead atoms. The summed E-state index contributed by atoms with van der Waals surface area (Å²) in [6.45, 7) is 4.96. The summed E-state index contributed by atoms with van der Waals surface area (Å²) < 4.78 is 7.10. The van der Waals surface area contributed by atoms with E-state index in [2.05, 4.69) is 10.4 Å². The minimum Gasteiger partial charge on any atom is -0.378 e. The van der Waals surface area contributed by atoms with Gasteiger partial charge < -0.3 is 19.9 Å². The molecule has 33 heavy (non-hydrogen) atoms. The predicted octanol–water partition coefficient (Wildman–Crippen LogP) is 1.43. The van der Waals surface area contributed by atoms with E-state index >= 15 is 0 Å².